The molecule has 3 aliphatic heterocycles. The number of aliphatic imine (C=N–C) groups is 3. The van der Waals surface area contributed by atoms with E-state index in [1.807, 2.05) is 0 Å². The second-order valence-electron chi connectivity index (χ2n) is 6.01. The zero-order valence-electron chi connectivity index (χ0n) is 12.3. The molecule has 0 spiro atoms. The summed E-state index contributed by atoms with van der Waals surface area (Å²) in [6.45, 7) is 2.68. The standard InChI is InChI=1S/C12H20N6O4/c1-10(21)8(20)6(3-19)22-11(10,2)18-5-16-7-9(18)15-4-17-12(7,13)14/h4,6,8,19-21H,3,5,13-14H2,1-2H3/t6-,8-,10-,11-/m1/s1. The van der Waals surface area contributed by atoms with Crippen LogP contribution in [-0.4, -0.2) is 80.7 Å². The van der Waals surface area contributed by atoms with Crippen LogP contribution in [0.25, 0.3) is 0 Å². The van der Waals surface area contributed by atoms with Crippen LogP contribution in [0, 0.1) is 0 Å². The lowest BCUT2D eigenvalue weighted by Gasteiger charge is -2.44. The van der Waals surface area contributed by atoms with E-state index in [1.165, 1.54) is 13.3 Å². The van der Waals surface area contributed by atoms with E-state index in [1.54, 1.807) is 11.8 Å². The maximum absolute atomic E-state index is 10.7. The van der Waals surface area contributed by atoms with Gasteiger partial charge in [0, 0.05) is 0 Å². The third-order valence-corrected chi connectivity index (χ3v) is 4.61. The molecule has 10 nitrogen and oxygen atoms in total. The minimum atomic E-state index is -1.67. The summed E-state index contributed by atoms with van der Waals surface area (Å²) in [7, 11) is 0. The molecule has 1 fully saturated rings. The molecule has 0 unspecified atom stereocenters. The number of aliphatic hydroxyl groups excluding tert-OH is 2. The van der Waals surface area contributed by atoms with Gasteiger partial charge in [-0.05, 0) is 13.8 Å². The Bertz CT molecular complexity index is 586. The zero-order chi connectivity index (χ0) is 16.3. The third-order valence-electron chi connectivity index (χ3n) is 4.61. The average molecular weight is 312 g/mol. The molecule has 3 heterocycles. The average Bonchev–Trinajstić information content (AvgIpc) is 2.95. The molecule has 0 aliphatic carbocycles. The van der Waals surface area contributed by atoms with Gasteiger partial charge in [-0.2, -0.15) is 0 Å². The zero-order valence-corrected chi connectivity index (χ0v) is 12.3. The van der Waals surface area contributed by atoms with Crippen molar-refractivity contribution in [2.75, 3.05) is 13.3 Å². The Hall–Kier alpha value is -1.43. The molecule has 0 saturated carbocycles. The number of nitrogens with zero attached hydrogens (tertiary/aromatic N) is 4. The minimum Gasteiger partial charge on any atom is -0.394 e. The quantitative estimate of drug-likeness (QED) is 0.338. The van der Waals surface area contributed by atoms with Crippen molar-refractivity contribution >= 4 is 17.9 Å². The first-order valence-corrected chi connectivity index (χ1v) is 6.86. The van der Waals surface area contributed by atoms with Gasteiger partial charge < -0.3 is 25.0 Å². The Morgan fingerprint density at radius 3 is 2.73 bits per heavy atom. The highest BCUT2D eigenvalue weighted by Crippen LogP contribution is 2.43. The summed E-state index contributed by atoms with van der Waals surface area (Å²) >= 11 is 0. The molecule has 3 rings (SSSR count). The maximum Gasteiger partial charge on any atom is 0.208 e. The number of aliphatic hydroxyl groups is 3. The molecule has 22 heavy (non-hydrogen) atoms. The first-order valence-electron chi connectivity index (χ1n) is 6.86. The van der Waals surface area contributed by atoms with Crippen LogP contribution in [0.5, 0.6) is 0 Å². The van der Waals surface area contributed by atoms with Gasteiger partial charge in [-0.3, -0.25) is 16.5 Å². The van der Waals surface area contributed by atoms with Gasteiger partial charge in [0.1, 0.15) is 36.5 Å². The van der Waals surface area contributed by atoms with Crippen molar-refractivity contribution in [3.63, 3.8) is 0 Å². The van der Waals surface area contributed by atoms with Crippen LogP contribution in [0.3, 0.4) is 0 Å². The van der Waals surface area contributed by atoms with Gasteiger partial charge in [-0.25, -0.2) is 9.98 Å². The summed E-state index contributed by atoms with van der Waals surface area (Å²) < 4.78 is 5.72. The second-order valence-corrected chi connectivity index (χ2v) is 6.01. The molecular formula is C12H20N6O4. The summed E-state index contributed by atoms with van der Waals surface area (Å²) in [5.74, 6) is -1.17. The Morgan fingerprint density at radius 2 is 2.14 bits per heavy atom. The van der Waals surface area contributed by atoms with E-state index in [0.29, 0.717) is 5.84 Å². The molecule has 0 radical (unpaired) electrons. The van der Waals surface area contributed by atoms with Crippen LogP contribution in [0.15, 0.2) is 15.0 Å². The highest BCUT2D eigenvalue weighted by Gasteiger charge is 2.64. The van der Waals surface area contributed by atoms with Crippen LogP contribution in [-0.2, 0) is 4.74 Å². The normalized spacial score (nSPS) is 43.1. The fourth-order valence-corrected chi connectivity index (χ4v) is 3.01. The monoisotopic (exact) mass is 312 g/mol. The first-order chi connectivity index (χ1) is 10.1. The summed E-state index contributed by atoms with van der Waals surface area (Å²) in [4.78, 5) is 13.8. The van der Waals surface area contributed by atoms with Crippen LogP contribution >= 0.6 is 0 Å². The van der Waals surface area contributed by atoms with Gasteiger partial charge >= 0.3 is 0 Å². The maximum atomic E-state index is 10.7. The van der Waals surface area contributed by atoms with Crippen molar-refractivity contribution in [2.24, 2.45) is 26.4 Å². The second kappa shape index (κ2) is 4.54. The Morgan fingerprint density at radius 1 is 1.45 bits per heavy atom. The van der Waals surface area contributed by atoms with Gasteiger partial charge in [-0.1, -0.05) is 0 Å². The summed E-state index contributed by atoms with van der Waals surface area (Å²) in [5, 5.41) is 30.3. The number of ether oxygens (including phenoxy) is 1. The molecular weight excluding hydrogens is 292 g/mol. The smallest absolute Gasteiger partial charge is 0.208 e. The van der Waals surface area contributed by atoms with Gasteiger partial charge in [0.05, 0.1) is 6.61 Å². The number of nitrogens with two attached hydrogens (primary N) is 2. The van der Waals surface area contributed by atoms with Crippen molar-refractivity contribution in [1.29, 1.82) is 0 Å². The summed E-state index contributed by atoms with van der Waals surface area (Å²) in [5.41, 5.74) is 8.96. The molecule has 0 aromatic rings. The van der Waals surface area contributed by atoms with E-state index in [-0.39, 0.29) is 12.4 Å². The topological polar surface area (TPSA) is 162 Å². The van der Waals surface area contributed by atoms with E-state index in [2.05, 4.69) is 15.0 Å². The molecule has 3 aliphatic rings. The van der Waals surface area contributed by atoms with Crippen molar-refractivity contribution in [3.05, 3.63) is 0 Å². The minimum absolute atomic E-state index is 0.0885. The van der Waals surface area contributed by atoms with Crippen molar-refractivity contribution in [1.82, 2.24) is 4.90 Å². The molecule has 122 valence electrons. The predicted molar refractivity (Wildman–Crippen MR) is 78.2 cm³/mol. The van der Waals surface area contributed by atoms with Crippen LogP contribution in [0.1, 0.15) is 13.8 Å². The molecule has 0 amide bonds. The number of hydrogen-bond donors (Lipinski definition) is 5. The molecule has 1 saturated heterocycles. The summed E-state index contributed by atoms with van der Waals surface area (Å²) in [6, 6.07) is 0. The van der Waals surface area contributed by atoms with Crippen molar-refractivity contribution in [2.45, 2.75) is 43.2 Å². The van der Waals surface area contributed by atoms with E-state index in [0.717, 1.165) is 0 Å². The van der Waals surface area contributed by atoms with Crippen LogP contribution in [0.2, 0.25) is 0 Å². The fourth-order valence-electron chi connectivity index (χ4n) is 3.01. The highest BCUT2D eigenvalue weighted by atomic mass is 16.6. The van der Waals surface area contributed by atoms with Gasteiger partial charge in [0.25, 0.3) is 0 Å². The Labute approximate surface area is 126 Å². The van der Waals surface area contributed by atoms with Gasteiger partial charge in [0.2, 0.25) is 5.79 Å². The fraction of sp³-hybridized carbons (Fsp3) is 0.750. The Balaban J connectivity index is 1.99. The number of amidine groups is 1. The first kappa shape index (κ1) is 15.5. The van der Waals surface area contributed by atoms with E-state index in [9.17, 15) is 15.3 Å². The SMILES string of the molecule is C[C@@]1(N2CN=C3C2=NC=NC3(N)N)O[C@H](CO)[C@@H](O)[C@@]1(C)O. The van der Waals surface area contributed by atoms with E-state index in [4.69, 9.17) is 16.2 Å². The van der Waals surface area contributed by atoms with Crippen LogP contribution in [0.4, 0.5) is 0 Å². The van der Waals surface area contributed by atoms with Crippen molar-refractivity contribution < 1.29 is 20.1 Å². The summed E-state index contributed by atoms with van der Waals surface area (Å²) in [6.07, 6.45) is -0.980. The molecule has 0 bridgehead atoms. The van der Waals surface area contributed by atoms with Gasteiger partial charge in [-0.15, -0.1) is 0 Å². The number of rotatable bonds is 2. The molecule has 0 aromatic heterocycles. The predicted octanol–water partition coefficient (Wildman–Crippen LogP) is -3.07. The molecule has 0 aromatic carbocycles. The lowest BCUT2D eigenvalue weighted by atomic mass is 9.87. The molecule has 10 heteroatoms. The Kier molecular flexibility index (Phi) is 3.19. The number of fused-ring (bicyclic) bond motifs is 1. The van der Waals surface area contributed by atoms with Crippen molar-refractivity contribution in [3.8, 4) is 0 Å². The van der Waals surface area contributed by atoms with Gasteiger partial charge in [0.15, 0.2) is 11.6 Å². The lowest BCUT2D eigenvalue weighted by Crippen LogP contribution is -2.66. The van der Waals surface area contributed by atoms with E-state index >= 15 is 0 Å². The highest BCUT2D eigenvalue weighted by molar-refractivity contribution is 6.47. The number of hydrogen-bond acceptors (Lipinski definition) is 10. The molecule has 4 atom stereocenters. The largest absolute Gasteiger partial charge is 0.394 e. The van der Waals surface area contributed by atoms with E-state index < -0.39 is 35.9 Å². The lowest BCUT2D eigenvalue weighted by molar-refractivity contribution is -0.186. The third kappa shape index (κ3) is 1.79. The molecule has 7 N–H and O–H groups in total. The van der Waals surface area contributed by atoms with Crippen LogP contribution < -0.4 is 11.5 Å².